The van der Waals surface area contributed by atoms with E-state index in [-0.39, 0.29) is 12.6 Å². The molecule has 1 atom stereocenters. The molecule has 0 aromatic heterocycles. The lowest BCUT2D eigenvalue weighted by atomic mass is 10.1. The largest absolute Gasteiger partial charge is 0.481 e. The van der Waals surface area contributed by atoms with Crippen molar-refractivity contribution in [1.29, 1.82) is 0 Å². The Kier molecular flexibility index (Phi) is 5.36. The summed E-state index contributed by atoms with van der Waals surface area (Å²) in [5.74, 6) is -1.45. The Morgan fingerprint density at radius 3 is 2.58 bits per heavy atom. The van der Waals surface area contributed by atoms with Crippen LogP contribution in [0.1, 0.15) is 24.5 Å². The van der Waals surface area contributed by atoms with Gasteiger partial charge in [0.25, 0.3) is 0 Å². The molecule has 0 bridgehead atoms. The van der Waals surface area contributed by atoms with E-state index in [2.05, 4.69) is 10.6 Å². The first-order valence-electron chi connectivity index (χ1n) is 6.29. The van der Waals surface area contributed by atoms with E-state index in [9.17, 15) is 9.59 Å². The Labute approximate surface area is 113 Å². The second kappa shape index (κ2) is 6.78. The van der Waals surface area contributed by atoms with E-state index in [1.165, 1.54) is 0 Å². The highest BCUT2D eigenvalue weighted by Crippen LogP contribution is 2.16. The zero-order valence-electron chi connectivity index (χ0n) is 11.5. The summed E-state index contributed by atoms with van der Waals surface area (Å²) in [5.41, 5.74) is 2.75. The van der Waals surface area contributed by atoms with Crippen LogP contribution in [0.4, 0.5) is 10.5 Å². The molecule has 1 rings (SSSR count). The second-order valence-electron chi connectivity index (χ2n) is 4.60. The number of amides is 2. The molecule has 0 fully saturated rings. The van der Waals surface area contributed by atoms with Crippen molar-refractivity contribution in [2.45, 2.75) is 27.2 Å². The molecule has 2 amide bonds. The molecule has 5 heteroatoms. The summed E-state index contributed by atoms with van der Waals surface area (Å²) in [6.07, 6.45) is 0.485. The number of carbonyl (C=O) groups is 2. The van der Waals surface area contributed by atoms with Crippen molar-refractivity contribution in [3.05, 3.63) is 29.3 Å². The number of carboxylic acids is 1. The van der Waals surface area contributed by atoms with Crippen molar-refractivity contribution < 1.29 is 14.7 Å². The molecule has 0 radical (unpaired) electrons. The molecule has 1 unspecified atom stereocenters. The fourth-order valence-corrected chi connectivity index (χ4v) is 1.66. The lowest BCUT2D eigenvalue weighted by Crippen LogP contribution is -2.35. The van der Waals surface area contributed by atoms with Gasteiger partial charge in [-0.1, -0.05) is 19.1 Å². The molecule has 0 aliphatic carbocycles. The minimum absolute atomic E-state index is 0.128. The number of carbonyl (C=O) groups excluding carboxylic acids is 1. The molecular weight excluding hydrogens is 244 g/mol. The number of hydrogen-bond donors (Lipinski definition) is 3. The van der Waals surface area contributed by atoms with Gasteiger partial charge in [0, 0.05) is 12.2 Å². The number of urea groups is 1. The van der Waals surface area contributed by atoms with Crippen LogP contribution in [0.2, 0.25) is 0 Å². The van der Waals surface area contributed by atoms with Crippen LogP contribution in [0.3, 0.4) is 0 Å². The van der Waals surface area contributed by atoms with Crippen LogP contribution < -0.4 is 10.6 Å². The number of benzene rings is 1. The molecule has 0 spiro atoms. The van der Waals surface area contributed by atoms with Crippen molar-refractivity contribution in [2.24, 2.45) is 5.92 Å². The highest BCUT2D eigenvalue weighted by Gasteiger charge is 2.15. The Morgan fingerprint density at radius 1 is 1.32 bits per heavy atom. The molecular formula is C14H20N2O3. The summed E-state index contributed by atoms with van der Waals surface area (Å²) in [5, 5.41) is 14.2. The third kappa shape index (κ3) is 4.62. The van der Waals surface area contributed by atoms with E-state index in [4.69, 9.17) is 5.11 Å². The Morgan fingerprint density at radius 2 is 2.00 bits per heavy atom. The van der Waals surface area contributed by atoms with E-state index < -0.39 is 11.9 Å². The first-order valence-corrected chi connectivity index (χ1v) is 6.29. The van der Waals surface area contributed by atoms with Crippen LogP contribution >= 0.6 is 0 Å². The topological polar surface area (TPSA) is 78.4 Å². The van der Waals surface area contributed by atoms with Crippen LogP contribution in [-0.2, 0) is 4.79 Å². The van der Waals surface area contributed by atoms with Crippen LogP contribution in [0.15, 0.2) is 18.2 Å². The zero-order valence-corrected chi connectivity index (χ0v) is 11.5. The Balaban J connectivity index is 2.56. The van der Waals surface area contributed by atoms with Gasteiger partial charge in [0.1, 0.15) is 0 Å². The van der Waals surface area contributed by atoms with Crippen molar-refractivity contribution in [1.82, 2.24) is 5.32 Å². The van der Waals surface area contributed by atoms with Gasteiger partial charge in [-0.15, -0.1) is 0 Å². The van der Waals surface area contributed by atoms with Gasteiger partial charge >= 0.3 is 12.0 Å². The van der Waals surface area contributed by atoms with Gasteiger partial charge in [0.2, 0.25) is 0 Å². The predicted octanol–water partition coefficient (Wildman–Crippen LogP) is 2.54. The van der Waals surface area contributed by atoms with Crippen LogP contribution in [-0.4, -0.2) is 23.7 Å². The molecule has 0 saturated heterocycles. The Bertz CT molecular complexity index is 472. The third-order valence-electron chi connectivity index (χ3n) is 2.99. The number of nitrogens with one attached hydrogen (secondary N) is 2. The van der Waals surface area contributed by atoms with Gasteiger partial charge in [0.15, 0.2) is 0 Å². The summed E-state index contributed by atoms with van der Waals surface area (Å²) < 4.78 is 0. The van der Waals surface area contributed by atoms with Crippen molar-refractivity contribution in [3.63, 3.8) is 0 Å². The predicted molar refractivity (Wildman–Crippen MR) is 74.4 cm³/mol. The minimum atomic E-state index is -0.894. The summed E-state index contributed by atoms with van der Waals surface area (Å²) in [4.78, 5) is 22.5. The first-order chi connectivity index (χ1) is 8.93. The zero-order chi connectivity index (χ0) is 14.4. The SMILES string of the molecule is CCC(CNC(=O)Nc1cc(C)ccc1C)C(=O)O. The maximum atomic E-state index is 11.7. The number of carboxylic acid groups (broad SMARTS) is 1. The lowest BCUT2D eigenvalue weighted by Gasteiger charge is -2.13. The summed E-state index contributed by atoms with van der Waals surface area (Å²) in [7, 11) is 0. The highest BCUT2D eigenvalue weighted by atomic mass is 16.4. The lowest BCUT2D eigenvalue weighted by molar-refractivity contribution is -0.141. The van der Waals surface area contributed by atoms with Crippen LogP contribution in [0.5, 0.6) is 0 Å². The van der Waals surface area contributed by atoms with Gasteiger partial charge in [0.05, 0.1) is 5.92 Å². The van der Waals surface area contributed by atoms with E-state index in [1.807, 2.05) is 32.0 Å². The molecule has 104 valence electrons. The van der Waals surface area contributed by atoms with Gasteiger partial charge in [-0.25, -0.2) is 4.79 Å². The quantitative estimate of drug-likeness (QED) is 0.764. The van der Waals surface area contributed by atoms with E-state index in [0.29, 0.717) is 6.42 Å². The molecule has 5 nitrogen and oxygen atoms in total. The maximum absolute atomic E-state index is 11.7. The molecule has 1 aromatic carbocycles. The fourth-order valence-electron chi connectivity index (χ4n) is 1.66. The molecule has 0 aliphatic rings. The summed E-state index contributed by atoms with van der Waals surface area (Å²) >= 11 is 0. The molecule has 1 aromatic rings. The highest BCUT2D eigenvalue weighted by molar-refractivity contribution is 5.90. The molecule has 0 aliphatic heterocycles. The number of rotatable bonds is 5. The van der Waals surface area contributed by atoms with Crippen LogP contribution in [0, 0.1) is 19.8 Å². The van der Waals surface area contributed by atoms with E-state index >= 15 is 0 Å². The standard InChI is InChI=1S/C14H20N2O3/c1-4-11(13(17)18)8-15-14(19)16-12-7-9(2)5-6-10(12)3/h5-7,11H,4,8H2,1-3H3,(H,17,18)(H2,15,16,19). The van der Waals surface area contributed by atoms with E-state index in [1.54, 1.807) is 6.92 Å². The van der Waals surface area contributed by atoms with Crippen molar-refractivity contribution in [2.75, 3.05) is 11.9 Å². The maximum Gasteiger partial charge on any atom is 0.319 e. The fraction of sp³-hybridized carbons (Fsp3) is 0.429. The smallest absolute Gasteiger partial charge is 0.319 e. The average Bonchev–Trinajstić information content (AvgIpc) is 2.34. The van der Waals surface area contributed by atoms with Crippen molar-refractivity contribution in [3.8, 4) is 0 Å². The van der Waals surface area contributed by atoms with Gasteiger partial charge in [-0.05, 0) is 37.5 Å². The molecule has 0 heterocycles. The Hall–Kier alpha value is -2.04. The van der Waals surface area contributed by atoms with E-state index in [0.717, 1.165) is 16.8 Å². The number of anilines is 1. The van der Waals surface area contributed by atoms with Gasteiger partial charge in [-0.3, -0.25) is 4.79 Å². The minimum Gasteiger partial charge on any atom is -0.481 e. The van der Waals surface area contributed by atoms with Crippen LogP contribution in [0.25, 0.3) is 0 Å². The third-order valence-corrected chi connectivity index (χ3v) is 2.99. The monoisotopic (exact) mass is 264 g/mol. The molecule has 0 saturated carbocycles. The average molecular weight is 264 g/mol. The second-order valence-corrected chi connectivity index (χ2v) is 4.60. The summed E-state index contributed by atoms with van der Waals surface area (Å²) in [6.45, 7) is 5.76. The first kappa shape index (κ1) is 15.0. The molecule has 19 heavy (non-hydrogen) atoms. The normalized spacial score (nSPS) is 11.7. The summed E-state index contributed by atoms with van der Waals surface area (Å²) in [6, 6.07) is 5.39. The molecule has 3 N–H and O–H groups in total. The number of aliphatic carboxylic acids is 1. The number of hydrogen-bond acceptors (Lipinski definition) is 2. The number of aryl methyl sites for hydroxylation is 2. The van der Waals surface area contributed by atoms with Crippen molar-refractivity contribution >= 4 is 17.7 Å². The van der Waals surface area contributed by atoms with Gasteiger partial charge < -0.3 is 15.7 Å². The van der Waals surface area contributed by atoms with Gasteiger partial charge in [-0.2, -0.15) is 0 Å².